The molecule has 0 aromatic heterocycles. The molecule has 0 spiro atoms. The van der Waals surface area contributed by atoms with E-state index in [1.54, 1.807) is 20.8 Å². The van der Waals surface area contributed by atoms with Crippen LogP contribution < -0.4 is 5.32 Å². The van der Waals surface area contributed by atoms with Gasteiger partial charge in [0.15, 0.2) is 5.60 Å². The number of amides is 1. The number of carbonyl (C=O) groups is 2. The standard InChI is InChI=1S/C17H31NO5/c1-16(2,3)23-15(20)18-13(17(4,21)14(19)22-5)11-12-9-7-6-8-10-12/h12-13,21H,6-11H2,1-5H3,(H,18,20). The highest BCUT2D eigenvalue weighted by molar-refractivity contribution is 5.81. The van der Waals surface area contributed by atoms with E-state index in [9.17, 15) is 14.7 Å². The van der Waals surface area contributed by atoms with Gasteiger partial charge in [-0.05, 0) is 40.0 Å². The van der Waals surface area contributed by atoms with Crippen molar-refractivity contribution >= 4 is 12.1 Å². The Morgan fingerprint density at radius 3 is 2.22 bits per heavy atom. The minimum atomic E-state index is -1.79. The van der Waals surface area contributed by atoms with Gasteiger partial charge in [0.1, 0.15) is 5.60 Å². The molecule has 2 atom stereocenters. The topological polar surface area (TPSA) is 84.9 Å². The second kappa shape index (κ2) is 7.99. The van der Waals surface area contributed by atoms with Crippen LogP contribution in [0.5, 0.6) is 0 Å². The molecule has 2 N–H and O–H groups in total. The van der Waals surface area contributed by atoms with Gasteiger partial charge in [-0.1, -0.05) is 32.1 Å². The Labute approximate surface area is 138 Å². The lowest BCUT2D eigenvalue weighted by Crippen LogP contribution is -2.57. The SMILES string of the molecule is COC(=O)C(C)(O)C(CC1CCCCC1)NC(=O)OC(C)(C)C. The molecule has 1 aliphatic carbocycles. The first-order chi connectivity index (χ1) is 10.6. The van der Waals surface area contributed by atoms with Crippen LogP contribution in [0, 0.1) is 5.92 Å². The number of hydrogen-bond acceptors (Lipinski definition) is 5. The molecule has 1 saturated carbocycles. The normalized spacial score (nSPS) is 20.3. The molecule has 134 valence electrons. The summed E-state index contributed by atoms with van der Waals surface area (Å²) in [6.45, 7) is 6.67. The number of alkyl carbamates (subject to hydrolysis) is 1. The lowest BCUT2D eigenvalue weighted by atomic mass is 9.80. The van der Waals surface area contributed by atoms with Gasteiger partial charge in [-0.15, -0.1) is 0 Å². The molecule has 0 bridgehead atoms. The number of rotatable bonds is 5. The number of carbonyl (C=O) groups excluding carboxylic acids is 2. The fraction of sp³-hybridized carbons (Fsp3) is 0.882. The summed E-state index contributed by atoms with van der Waals surface area (Å²) in [4.78, 5) is 24.0. The zero-order valence-electron chi connectivity index (χ0n) is 15.0. The first kappa shape index (κ1) is 19.7. The summed E-state index contributed by atoms with van der Waals surface area (Å²) < 4.78 is 9.94. The highest BCUT2D eigenvalue weighted by Crippen LogP contribution is 2.30. The van der Waals surface area contributed by atoms with Gasteiger partial charge in [0.05, 0.1) is 13.2 Å². The van der Waals surface area contributed by atoms with Crippen LogP contribution in [0.25, 0.3) is 0 Å². The van der Waals surface area contributed by atoms with Crippen molar-refractivity contribution in [3.8, 4) is 0 Å². The van der Waals surface area contributed by atoms with Crippen LogP contribution in [0.15, 0.2) is 0 Å². The third-order valence-electron chi connectivity index (χ3n) is 4.26. The van der Waals surface area contributed by atoms with Gasteiger partial charge in [-0.2, -0.15) is 0 Å². The van der Waals surface area contributed by atoms with Crippen molar-refractivity contribution in [3.05, 3.63) is 0 Å². The third-order valence-corrected chi connectivity index (χ3v) is 4.26. The number of methoxy groups -OCH3 is 1. The molecule has 1 rings (SSSR count). The van der Waals surface area contributed by atoms with E-state index in [0.717, 1.165) is 25.7 Å². The number of aliphatic hydroxyl groups is 1. The molecule has 0 aliphatic heterocycles. The fourth-order valence-corrected chi connectivity index (χ4v) is 2.98. The lowest BCUT2D eigenvalue weighted by molar-refractivity contribution is -0.164. The molecule has 23 heavy (non-hydrogen) atoms. The molecule has 0 radical (unpaired) electrons. The zero-order valence-corrected chi connectivity index (χ0v) is 15.0. The summed E-state index contributed by atoms with van der Waals surface area (Å²) in [6, 6.07) is -0.743. The van der Waals surface area contributed by atoms with Crippen LogP contribution in [-0.4, -0.2) is 41.5 Å². The first-order valence-electron chi connectivity index (χ1n) is 8.36. The van der Waals surface area contributed by atoms with Gasteiger partial charge in [0.2, 0.25) is 0 Å². The van der Waals surface area contributed by atoms with E-state index < -0.39 is 29.3 Å². The van der Waals surface area contributed by atoms with Gasteiger partial charge in [-0.25, -0.2) is 9.59 Å². The Kier molecular flexibility index (Phi) is 6.86. The van der Waals surface area contributed by atoms with E-state index in [1.807, 2.05) is 0 Å². The Balaban J connectivity index is 2.82. The monoisotopic (exact) mass is 329 g/mol. The molecule has 1 fully saturated rings. The minimum absolute atomic E-state index is 0.375. The largest absolute Gasteiger partial charge is 0.467 e. The van der Waals surface area contributed by atoms with Crippen LogP contribution in [0.4, 0.5) is 4.79 Å². The second-order valence-corrected chi connectivity index (χ2v) is 7.58. The Bertz CT molecular complexity index is 408. The summed E-state index contributed by atoms with van der Waals surface area (Å²) in [5, 5.41) is 13.2. The molecular formula is C17H31NO5. The van der Waals surface area contributed by atoms with Crippen LogP contribution >= 0.6 is 0 Å². The van der Waals surface area contributed by atoms with E-state index in [0.29, 0.717) is 12.3 Å². The molecular weight excluding hydrogens is 298 g/mol. The van der Waals surface area contributed by atoms with E-state index in [2.05, 4.69) is 10.1 Å². The summed E-state index contributed by atoms with van der Waals surface area (Å²) in [6.07, 6.45) is 5.49. The summed E-state index contributed by atoms with van der Waals surface area (Å²) in [5.74, 6) is -0.380. The molecule has 0 heterocycles. The number of nitrogens with one attached hydrogen (secondary N) is 1. The quantitative estimate of drug-likeness (QED) is 0.758. The molecule has 6 heteroatoms. The van der Waals surface area contributed by atoms with Crippen LogP contribution in [0.1, 0.15) is 66.2 Å². The lowest BCUT2D eigenvalue weighted by Gasteiger charge is -2.35. The van der Waals surface area contributed by atoms with Crippen molar-refractivity contribution in [1.29, 1.82) is 0 Å². The van der Waals surface area contributed by atoms with E-state index >= 15 is 0 Å². The fourth-order valence-electron chi connectivity index (χ4n) is 2.98. The molecule has 2 unspecified atom stereocenters. The number of hydrogen-bond donors (Lipinski definition) is 2. The highest BCUT2D eigenvalue weighted by Gasteiger charge is 2.43. The smallest absolute Gasteiger partial charge is 0.407 e. The van der Waals surface area contributed by atoms with E-state index in [-0.39, 0.29) is 0 Å². The maximum absolute atomic E-state index is 12.1. The average molecular weight is 329 g/mol. The molecule has 0 aromatic carbocycles. The summed E-state index contributed by atoms with van der Waals surface area (Å²) in [5.41, 5.74) is -2.43. The third kappa shape index (κ3) is 6.37. The van der Waals surface area contributed by atoms with Gasteiger partial charge in [-0.3, -0.25) is 0 Å². The van der Waals surface area contributed by atoms with Crippen molar-refractivity contribution in [3.63, 3.8) is 0 Å². The molecule has 1 aliphatic rings. The number of ether oxygens (including phenoxy) is 2. The van der Waals surface area contributed by atoms with Crippen molar-refractivity contribution in [1.82, 2.24) is 5.32 Å². The van der Waals surface area contributed by atoms with Gasteiger partial charge in [0.25, 0.3) is 0 Å². The van der Waals surface area contributed by atoms with Crippen molar-refractivity contribution in [2.75, 3.05) is 7.11 Å². The van der Waals surface area contributed by atoms with Crippen molar-refractivity contribution in [2.45, 2.75) is 83.5 Å². The molecule has 0 saturated heterocycles. The zero-order chi connectivity index (χ0) is 17.7. The second-order valence-electron chi connectivity index (χ2n) is 7.58. The maximum atomic E-state index is 12.1. The maximum Gasteiger partial charge on any atom is 0.407 e. The molecule has 6 nitrogen and oxygen atoms in total. The number of esters is 1. The highest BCUT2D eigenvalue weighted by atomic mass is 16.6. The van der Waals surface area contributed by atoms with Gasteiger partial charge < -0.3 is 19.9 Å². The predicted molar refractivity (Wildman–Crippen MR) is 87.0 cm³/mol. The van der Waals surface area contributed by atoms with Crippen LogP contribution in [0.2, 0.25) is 0 Å². The van der Waals surface area contributed by atoms with E-state index in [4.69, 9.17) is 4.74 Å². The minimum Gasteiger partial charge on any atom is -0.467 e. The van der Waals surface area contributed by atoms with Gasteiger partial charge in [0, 0.05) is 0 Å². The van der Waals surface area contributed by atoms with Crippen molar-refractivity contribution < 1.29 is 24.2 Å². The van der Waals surface area contributed by atoms with Crippen molar-refractivity contribution in [2.24, 2.45) is 5.92 Å². The predicted octanol–water partition coefficient (Wildman–Crippen LogP) is 2.77. The Hall–Kier alpha value is -1.30. The van der Waals surface area contributed by atoms with Crippen LogP contribution in [-0.2, 0) is 14.3 Å². The Morgan fingerprint density at radius 1 is 1.17 bits per heavy atom. The van der Waals surface area contributed by atoms with Gasteiger partial charge >= 0.3 is 12.1 Å². The molecule has 1 amide bonds. The summed E-state index contributed by atoms with van der Waals surface area (Å²) in [7, 11) is 1.22. The summed E-state index contributed by atoms with van der Waals surface area (Å²) >= 11 is 0. The molecule has 0 aromatic rings. The van der Waals surface area contributed by atoms with Crippen LogP contribution in [0.3, 0.4) is 0 Å². The first-order valence-corrected chi connectivity index (χ1v) is 8.36. The van der Waals surface area contributed by atoms with E-state index in [1.165, 1.54) is 20.5 Å². The Morgan fingerprint density at radius 2 is 1.74 bits per heavy atom. The average Bonchev–Trinajstić information content (AvgIpc) is 2.44.